The lowest BCUT2D eigenvalue weighted by Gasteiger charge is -2.28. The minimum absolute atomic E-state index is 0.0160. The van der Waals surface area contributed by atoms with Crippen molar-refractivity contribution in [2.24, 2.45) is 4.99 Å². The summed E-state index contributed by atoms with van der Waals surface area (Å²) in [6.45, 7) is 0.673. The molecule has 0 saturated heterocycles. The Labute approximate surface area is 109 Å². The summed E-state index contributed by atoms with van der Waals surface area (Å²) in [5, 5.41) is 2.35. The molecule has 0 aromatic carbocycles. The van der Waals surface area contributed by atoms with Gasteiger partial charge in [-0.05, 0) is 18.2 Å². The number of fused-ring (bicyclic) bond motifs is 3. The molecule has 0 spiro atoms. The molecule has 0 atom stereocenters. The summed E-state index contributed by atoms with van der Waals surface area (Å²) in [5.41, 5.74) is 0.860. The molecule has 0 fully saturated rings. The largest absolute Gasteiger partial charge is 0.414 e. The van der Waals surface area contributed by atoms with Crippen LogP contribution in [-0.4, -0.2) is 35.5 Å². The van der Waals surface area contributed by atoms with Crippen molar-refractivity contribution in [3.05, 3.63) is 30.1 Å². The number of nitrogens with zero attached hydrogens (tertiary/aromatic N) is 4. The molecule has 2 aliphatic heterocycles. The average molecular weight is 257 g/mol. The van der Waals surface area contributed by atoms with E-state index in [9.17, 15) is 4.79 Å². The molecule has 0 saturated carbocycles. The highest BCUT2D eigenvalue weighted by Crippen LogP contribution is 2.26. The molecule has 1 aromatic heterocycles. The number of nitrogens with one attached hydrogen (secondary N) is 1. The number of amidine groups is 1. The predicted molar refractivity (Wildman–Crippen MR) is 70.1 cm³/mol. The molecular weight excluding hydrogens is 246 g/mol. The SMILES string of the molecule is CNC(=O)Oc1ncc2c(n1)N1CC=CN=C1C=C2. The smallest absolute Gasteiger partial charge is 0.374 e. The second-order valence-electron chi connectivity index (χ2n) is 3.89. The molecule has 7 heteroatoms. The minimum Gasteiger partial charge on any atom is -0.374 e. The summed E-state index contributed by atoms with van der Waals surface area (Å²) in [6.07, 6.45) is 8.48. The number of amides is 1. The summed E-state index contributed by atoms with van der Waals surface area (Å²) >= 11 is 0. The van der Waals surface area contributed by atoms with Crippen LogP contribution in [0.25, 0.3) is 6.08 Å². The van der Waals surface area contributed by atoms with Gasteiger partial charge in [0.05, 0.1) is 0 Å². The second kappa shape index (κ2) is 4.52. The molecule has 0 aliphatic carbocycles. The third kappa shape index (κ3) is 2.05. The fraction of sp³-hybridized carbons (Fsp3) is 0.167. The quantitative estimate of drug-likeness (QED) is 0.810. The van der Waals surface area contributed by atoms with Crippen LogP contribution in [0.15, 0.2) is 29.5 Å². The lowest BCUT2D eigenvalue weighted by Crippen LogP contribution is -2.34. The van der Waals surface area contributed by atoms with Crippen molar-refractivity contribution in [2.75, 3.05) is 18.5 Å². The van der Waals surface area contributed by atoms with E-state index >= 15 is 0 Å². The third-order valence-corrected chi connectivity index (χ3v) is 2.71. The maximum absolute atomic E-state index is 11.2. The van der Waals surface area contributed by atoms with Gasteiger partial charge in [0, 0.05) is 31.6 Å². The van der Waals surface area contributed by atoms with Gasteiger partial charge in [-0.25, -0.2) is 14.8 Å². The number of aromatic nitrogens is 2. The van der Waals surface area contributed by atoms with Crippen LogP contribution in [-0.2, 0) is 0 Å². The van der Waals surface area contributed by atoms with Crippen LogP contribution in [0.3, 0.4) is 0 Å². The van der Waals surface area contributed by atoms with Crippen LogP contribution in [0.1, 0.15) is 5.56 Å². The summed E-state index contributed by atoms with van der Waals surface area (Å²) in [4.78, 5) is 25.6. The topological polar surface area (TPSA) is 79.7 Å². The van der Waals surface area contributed by atoms with Gasteiger partial charge in [-0.2, -0.15) is 4.98 Å². The van der Waals surface area contributed by atoms with Crippen molar-refractivity contribution in [2.45, 2.75) is 0 Å². The van der Waals surface area contributed by atoms with Gasteiger partial charge in [-0.1, -0.05) is 0 Å². The highest BCUT2D eigenvalue weighted by atomic mass is 16.6. The summed E-state index contributed by atoms with van der Waals surface area (Å²) in [6, 6.07) is 0.0160. The van der Waals surface area contributed by atoms with Gasteiger partial charge in [0.25, 0.3) is 0 Å². The van der Waals surface area contributed by atoms with Gasteiger partial charge in [0.1, 0.15) is 11.7 Å². The van der Waals surface area contributed by atoms with Crippen molar-refractivity contribution < 1.29 is 9.53 Å². The number of rotatable bonds is 1. The lowest BCUT2D eigenvalue weighted by molar-refractivity contribution is 0.199. The predicted octanol–water partition coefficient (Wildman–Crippen LogP) is 0.954. The summed E-state index contributed by atoms with van der Waals surface area (Å²) in [5.74, 6) is 1.49. The zero-order valence-electron chi connectivity index (χ0n) is 10.2. The van der Waals surface area contributed by atoms with Crippen molar-refractivity contribution in [3.63, 3.8) is 0 Å². The van der Waals surface area contributed by atoms with E-state index in [0.717, 1.165) is 11.4 Å². The lowest BCUT2D eigenvalue weighted by atomic mass is 10.2. The Bertz CT molecular complexity index is 621. The first-order valence-electron chi connectivity index (χ1n) is 5.73. The van der Waals surface area contributed by atoms with Crippen LogP contribution < -0.4 is 15.0 Å². The van der Waals surface area contributed by atoms with Crippen LogP contribution in [0.4, 0.5) is 10.6 Å². The van der Waals surface area contributed by atoms with E-state index in [0.29, 0.717) is 12.4 Å². The van der Waals surface area contributed by atoms with Gasteiger partial charge in [0.15, 0.2) is 0 Å². The number of carbonyl (C=O) groups is 1. The molecule has 96 valence electrons. The van der Waals surface area contributed by atoms with Crippen LogP contribution >= 0.6 is 0 Å². The van der Waals surface area contributed by atoms with Gasteiger partial charge < -0.3 is 15.0 Å². The van der Waals surface area contributed by atoms with Crippen LogP contribution in [0.2, 0.25) is 0 Å². The molecule has 0 unspecified atom stereocenters. The van der Waals surface area contributed by atoms with E-state index in [1.165, 1.54) is 7.05 Å². The zero-order valence-corrected chi connectivity index (χ0v) is 10.2. The Hall–Kier alpha value is -2.70. The molecular formula is C12H11N5O2. The molecule has 1 N–H and O–H groups in total. The Morgan fingerprint density at radius 2 is 2.37 bits per heavy atom. The Kier molecular flexibility index (Phi) is 2.71. The average Bonchev–Trinajstić information content (AvgIpc) is 2.47. The Morgan fingerprint density at radius 3 is 3.21 bits per heavy atom. The van der Waals surface area contributed by atoms with Gasteiger partial charge in [-0.15, -0.1) is 0 Å². The monoisotopic (exact) mass is 257 g/mol. The standard InChI is InChI=1S/C12H11N5O2/c1-13-12(18)19-11-15-7-8-3-4-9-14-5-2-6-17(9)10(8)16-11/h2-5,7H,6H2,1H3,(H,13,18). The first kappa shape index (κ1) is 11.4. The van der Waals surface area contributed by atoms with Crippen LogP contribution in [0, 0.1) is 0 Å². The first-order chi connectivity index (χ1) is 9.28. The molecule has 3 heterocycles. The van der Waals surface area contributed by atoms with Gasteiger partial charge in [-0.3, -0.25) is 0 Å². The molecule has 7 nitrogen and oxygen atoms in total. The molecule has 0 bridgehead atoms. The molecule has 3 rings (SSSR count). The minimum atomic E-state index is -0.598. The van der Waals surface area contributed by atoms with E-state index in [4.69, 9.17) is 4.74 Å². The number of ether oxygens (including phenoxy) is 1. The van der Waals surface area contributed by atoms with E-state index in [1.807, 2.05) is 23.1 Å². The highest BCUT2D eigenvalue weighted by Gasteiger charge is 2.22. The van der Waals surface area contributed by atoms with Gasteiger partial charge in [0.2, 0.25) is 0 Å². The molecule has 19 heavy (non-hydrogen) atoms. The molecule has 0 radical (unpaired) electrons. The fourth-order valence-electron chi connectivity index (χ4n) is 1.82. The number of carbonyl (C=O) groups excluding carboxylic acids is 1. The number of anilines is 1. The molecule has 2 aliphatic rings. The summed E-state index contributed by atoms with van der Waals surface area (Å²) < 4.78 is 4.93. The van der Waals surface area contributed by atoms with Gasteiger partial charge >= 0.3 is 12.1 Å². The van der Waals surface area contributed by atoms with Crippen molar-refractivity contribution in [1.82, 2.24) is 15.3 Å². The van der Waals surface area contributed by atoms with Crippen molar-refractivity contribution in [3.8, 4) is 6.01 Å². The fourth-order valence-corrected chi connectivity index (χ4v) is 1.82. The summed E-state index contributed by atoms with van der Waals surface area (Å²) in [7, 11) is 1.48. The molecule has 1 amide bonds. The second-order valence-corrected chi connectivity index (χ2v) is 3.89. The number of hydrogen-bond donors (Lipinski definition) is 1. The maximum Gasteiger partial charge on any atom is 0.414 e. The maximum atomic E-state index is 11.2. The van der Waals surface area contributed by atoms with E-state index in [-0.39, 0.29) is 6.01 Å². The zero-order chi connectivity index (χ0) is 13.2. The van der Waals surface area contributed by atoms with Crippen molar-refractivity contribution in [1.29, 1.82) is 0 Å². The normalized spacial score (nSPS) is 15.4. The Morgan fingerprint density at radius 1 is 1.47 bits per heavy atom. The number of hydrogen-bond acceptors (Lipinski definition) is 6. The van der Waals surface area contributed by atoms with E-state index in [1.54, 1.807) is 12.4 Å². The Balaban J connectivity index is 1.96. The van der Waals surface area contributed by atoms with Crippen molar-refractivity contribution >= 4 is 23.8 Å². The highest BCUT2D eigenvalue weighted by molar-refractivity contribution is 6.12. The van der Waals surface area contributed by atoms with E-state index < -0.39 is 6.09 Å². The first-order valence-corrected chi connectivity index (χ1v) is 5.73. The van der Waals surface area contributed by atoms with E-state index in [2.05, 4.69) is 20.3 Å². The molecule has 1 aromatic rings. The van der Waals surface area contributed by atoms with Crippen LogP contribution in [0.5, 0.6) is 6.01 Å². The number of aliphatic imine (C=N–C) groups is 1. The third-order valence-electron chi connectivity index (χ3n) is 2.71.